The summed E-state index contributed by atoms with van der Waals surface area (Å²) in [4.78, 5) is 10.8. The molecule has 104 valence electrons. The summed E-state index contributed by atoms with van der Waals surface area (Å²) in [6.07, 6.45) is 0.933. The van der Waals surface area contributed by atoms with Gasteiger partial charge in [0.15, 0.2) is 0 Å². The topological polar surface area (TPSA) is 83.5 Å². The highest BCUT2D eigenvalue weighted by molar-refractivity contribution is 7.89. The van der Waals surface area contributed by atoms with Gasteiger partial charge >= 0.3 is 5.97 Å². The zero-order valence-corrected chi connectivity index (χ0v) is 12.0. The maximum absolute atomic E-state index is 12.1. The third kappa shape index (κ3) is 2.86. The number of carboxylic acids is 1. The van der Waals surface area contributed by atoms with Crippen LogP contribution in [0.15, 0.2) is 23.1 Å². The van der Waals surface area contributed by atoms with Gasteiger partial charge in [-0.1, -0.05) is 29.3 Å². The lowest BCUT2D eigenvalue weighted by atomic mass is 10.1. The summed E-state index contributed by atoms with van der Waals surface area (Å²) in [6.45, 7) is -0.145. The van der Waals surface area contributed by atoms with E-state index in [4.69, 9.17) is 28.3 Å². The fourth-order valence-corrected chi connectivity index (χ4v) is 3.51. The van der Waals surface area contributed by atoms with Gasteiger partial charge < -0.3 is 5.11 Å². The van der Waals surface area contributed by atoms with Gasteiger partial charge in [0, 0.05) is 6.54 Å². The Bertz CT molecular complexity index is 626. The fourth-order valence-electron chi connectivity index (χ4n) is 1.62. The highest BCUT2D eigenvalue weighted by Gasteiger charge is 2.50. The van der Waals surface area contributed by atoms with Gasteiger partial charge in [0.05, 0.1) is 15.5 Å². The third-order valence-corrected chi connectivity index (χ3v) is 5.49. The van der Waals surface area contributed by atoms with Gasteiger partial charge in [-0.05, 0) is 25.0 Å². The molecule has 0 aromatic heterocycles. The number of aliphatic carboxylic acids is 1. The molecule has 1 fully saturated rings. The molecule has 0 bridgehead atoms. The summed E-state index contributed by atoms with van der Waals surface area (Å²) in [5.41, 5.74) is -0.974. The number of sulfonamides is 1. The van der Waals surface area contributed by atoms with Gasteiger partial charge in [0.1, 0.15) is 4.90 Å². The molecule has 0 heterocycles. The molecule has 2 rings (SSSR count). The number of nitrogens with one attached hydrogen (secondary N) is 1. The molecule has 0 aliphatic heterocycles. The van der Waals surface area contributed by atoms with Crippen molar-refractivity contribution in [1.29, 1.82) is 0 Å². The van der Waals surface area contributed by atoms with E-state index in [0.29, 0.717) is 12.8 Å². The number of rotatable bonds is 5. The molecular formula is C11H11Cl2NO4S. The molecule has 1 aliphatic rings. The van der Waals surface area contributed by atoms with Crippen molar-refractivity contribution in [3.05, 3.63) is 28.2 Å². The van der Waals surface area contributed by atoms with E-state index in [9.17, 15) is 13.2 Å². The van der Waals surface area contributed by atoms with Crippen LogP contribution in [0, 0.1) is 5.41 Å². The van der Waals surface area contributed by atoms with Crippen LogP contribution in [0.5, 0.6) is 0 Å². The van der Waals surface area contributed by atoms with Crippen LogP contribution in [0.3, 0.4) is 0 Å². The Labute approximate surface area is 120 Å². The predicted octanol–water partition coefficient (Wildman–Crippen LogP) is 2.14. The number of carboxylic acid groups (broad SMARTS) is 1. The average molecular weight is 324 g/mol. The molecule has 1 aliphatic carbocycles. The van der Waals surface area contributed by atoms with Crippen molar-refractivity contribution in [1.82, 2.24) is 4.72 Å². The van der Waals surface area contributed by atoms with Gasteiger partial charge in [-0.2, -0.15) is 0 Å². The Hall–Kier alpha value is -0.820. The second-order valence-electron chi connectivity index (χ2n) is 4.46. The van der Waals surface area contributed by atoms with Crippen molar-refractivity contribution in [2.24, 2.45) is 5.41 Å². The molecule has 0 radical (unpaired) electrons. The van der Waals surface area contributed by atoms with Crippen molar-refractivity contribution in [3.63, 3.8) is 0 Å². The number of carbonyl (C=O) groups is 1. The third-order valence-electron chi connectivity index (χ3n) is 3.11. The molecule has 1 aromatic carbocycles. The first-order chi connectivity index (χ1) is 8.78. The summed E-state index contributed by atoms with van der Waals surface area (Å²) >= 11 is 11.6. The Morgan fingerprint density at radius 2 is 2.00 bits per heavy atom. The Morgan fingerprint density at radius 3 is 2.53 bits per heavy atom. The first-order valence-electron chi connectivity index (χ1n) is 5.46. The van der Waals surface area contributed by atoms with Crippen molar-refractivity contribution in [3.8, 4) is 0 Å². The lowest BCUT2D eigenvalue weighted by molar-refractivity contribution is -0.143. The Morgan fingerprint density at radius 1 is 1.37 bits per heavy atom. The first kappa shape index (κ1) is 14.6. The first-order valence-corrected chi connectivity index (χ1v) is 7.69. The van der Waals surface area contributed by atoms with Crippen molar-refractivity contribution >= 4 is 39.2 Å². The average Bonchev–Trinajstić information content (AvgIpc) is 3.11. The SMILES string of the molecule is O=C(O)C1(CNS(=O)(=O)c2cccc(Cl)c2Cl)CC1. The summed E-state index contributed by atoms with van der Waals surface area (Å²) in [6, 6.07) is 4.26. The van der Waals surface area contributed by atoms with Crippen LogP contribution in [0.1, 0.15) is 12.8 Å². The maximum Gasteiger partial charge on any atom is 0.310 e. The molecule has 0 atom stereocenters. The molecule has 5 nitrogen and oxygen atoms in total. The molecule has 1 aromatic rings. The number of hydrogen-bond donors (Lipinski definition) is 2. The van der Waals surface area contributed by atoms with Gasteiger partial charge in [-0.25, -0.2) is 13.1 Å². The fraction of sp³-hybridized carbons (Fsp3) is 0.364. The highest BCUT2D eigenvalue weighted by Crippen LogP contribution is 2.45. The van der Waals surface area contributed by atoms with Crippen LogP contribution in [0.25, 0.3) is 0 Å². The minimum absolute atomic E-state index is 0.0724. The Balaban J connectivity index is 2.20. The lowest BCUT2D eigenvalue weighted by Crippen LogP contribution is -2.34. The van der Waals surface area contributed by atoms with Crippen LogP contribution in [0.2, 0.25) is 10.0 Å². The maximum atomic E-state index is 12.1. The van der Waals surface area contributed by atoms with E-state index >= 15 is 0 Å². The molecule has 2 N–H and O–H groups in total. The van der Waals surface area contributed by atoms with Crippen molar-refractivity contribution in [2.45, 2.75) is 17.7 Å². The summed E-state index contributed by atoms with van der Waals surface area (Å²) < 4.78 is 26.4. The van der Waals surface area contributed by atoms with Gasteiger partial charge in [-0.15, -0.1) is 0 Å². The zero-order valence-electron chi connectivity index (χ0n) is 9.69. The van der Waals surface area contributed by atoms with Crippen LogP contribution in [-0.4, -0.2) is 26.0 Å². The molecule has 0 unspecified atom stereocenters. The van der Waals surface area contributed by atoms with Crippen LogP contribution >= 0.6 is 23.2 Å². The lowest BCUT2D eigenvalue weighted by Gasteiger charge is -2.12. The molecule has 0 saturated heterocycles. The normalized spacial score (nSPS) is 17.2. The van der Waals surface area contributed by atoms with E-state index in [0.717, 1.165) is 0 Å². The van der Waals surface area contributed by atoms with Gasteiger partial charge in [0.25, 0.3) is 0 Å². The van der Waals surface area contributed by atoms with E-state index in [1.54, 1.807) is 0 Å². The van der Waals surface area contributed by atoms with E-state index in [1.807, 2.05) is 0 Å². The summed E-state index contributed by atoms with van der Waals surface area (Å²) in [7, 11) is -3.87. The molecule has 8 heteroatoms. The largest absolute Gasteiger partial charge is 0.481 e. The van der Waals surface area contributed by atoms with E-state index in [2.05, 4.69) is 4.72 Å². The van der Waals surface area contributed by atoms with Gasteiger partial charge in [0.2, 0.25) is 10.0 Å². The number of hydrogen-bond acceptors (Lipinski definition) is 3. The molecular weight excluding hydrogens is 313 g/mol. The monoisotopic (exact) mass is 323 g/mol. The molecule has 19 heavy (non-hydrogen) atoms. The highest BCUT2D eigenvalue weighted by atomic mass is 35.5. The minimum atomic E-state index is -3.87. The number of benzene rings is 1. The number of halogens is 2. The second-order valence-corrected chi connectivity index (χ2v) is 6.98. The molecule has 0 spiro atoms. The van der Waals surface area contributed by atoms with E-state index in [1.165, 1.54) is 18.2 Å². The smallest absolute Gasteiger partial charge is 0.310 e. The standard InChI is InChI=1S/C11H11Cl2NO4S/c12-7-2-1-3-8(9(7)13)19(17,18)14-6-11(4-5-11)10(15)16/h1-3,14H,4-6H2,(H,15,16). The van der Waals surface area contributed by atoms with Crippen LogP contribution in [-0.2, 0) is 14.8 Å². The van der Waals surface area contributed by atoms with Crippen molar-refractivity contribution in [2.75, 3.05) is 6.54 Å². The summed E-state index contributed by atoms with van der Waals surface area (Å²) in [5.74, 6) is -0.993. The van der Waals surface area contributed by atoms with Crippen LogP contribution in [0.4, 0.5) is 0 Å². The molecule has 0 amide bonds. The quantitative estimate of drug-likeness (QED) is 0.869. The minimum Gasteiger partial charge on any atom is -0.481 e. The predicted molar refractivity (Wildman–Crippen MR) is 71.0 cm³/mol. The van der Waals surface area contributed by atoms with Crippen LogP contribution < -0.4 is 4.72 Å². The van der Waals surface area contributed by atoms with E-state index < -0.39 is 21.4 Å². The molecule has 1 saturated carbocycles. The Kier molecular flexibility index (Phi) is 3.79. The zero-order chi connectivity index (χ0) is 14.3. The van der Waals surface area contributed by atoms with Gasteiger partial charge in [-0.3, -0.25) is 4.79 Å². The van der Waals surface area contributed by atoms with Crippen molar-refractivity contribution < 1.29 is 18.3 Å². The summed E-state index contributed by atoms with van der Waals surface area (Å²) in [5, 5.41) is 9.04. The second kappa shape index (κ2) is 4.94. The van der Waals surface area contributed by atoms with E-state index in [-0.39, 0.29) is 21.5 Å².